The van der Waals surface area contributed by atoms with Crippen LogP contribution in [0, 0.1) is 15.5 Å². The average molecular weight is 357 g/mol. The number of hydrogen-bond acceptors (Lipinski definition) is 5. The van der Waals surface area contributed by atoms with Crippen molar-refractivity contribution in [3.8, 4) is 0 Å². The van der Waals surface area contributed by atoms with Gasteiger partial charge in [0.05, 0.1) is 9.40 Å². The second-order valence-electron chi connectivity index (χ2n) is 6.08. The van der Waals surface area contributed by atoms with Gasteiger partial charge in [-0.15, -0.1) is 0 Å². The maximum atomic E-state index is 10.7. The fraction of sp³-hybridized carbons (Fsp3) is 0.643. The Morgan fingerprint density at radius 3 is 2.67 bits per heavy atom. The summed E-state index contributed by atoms with van der Waals surface area (Å²) in [6.45, 7) is 1.89. The highest BCUT2D eigenvalue weighted by Crippen LogP contribution is 2.39. The Balaban J connectivity index is 2.06. The minimum Gasteiger partial charge on any atom is -0.369 e. The fourth-order valence-electron chi connectivity index (χ4n) is 3.12. The summed E-state index contributed by atoms with van der Waals surface area (Å²) in [5.41, 5.74) is 0.267. The molecular weight excluding hydrogens is 336 g/mol. The molecule has 1 aliphatic rings. The summed E-state index contributed by atoms with van der Waals surface area (Å²) in [5, 5.41) is 14.1. The van der Waals surface area contributed by atoms with Crippen LogP contribution >= 0.6 is 15.9 Å². The highest BCUT2D eigenvalue weighted by molar-refractivity contribution is 9.10. The molecule has 1 aromatic heterocycles. The average Bonchev–Trinajstić information content (AvgIpc) is 2.85. The topological polar surface area (TPSA) is 71.3 Å². The van der Waals surface area contributed by atoms with Crippen LogP contribution in [0.2, 0.25) is 0 Å². The molecule has 0 amide bonds. The van der Waals surface area contributed by atoms with Crippen LogP contribution in [0.15, 0.2) is 16.7 Å². The first-order valence-electron chi connectivity index (χ1n) is 7.10. The molecule has 0 radical (unpaired) electrons. The first kappa shape index (κ1) is 16.2. The second-order valence-corrected chi connectivity index (χ2v) is 6.93. The van der Waals surface area contributed by atoms with Crippen molar-refractivity contribution >= 4 is 27.4 Å². The van der Waals surface area contributed by atoms with E-state index >= 15 is 0 Å². The van der Waals surface area contributed by atoms with Gasteiger partial charge in [-0.1, -0.05) is 12.8 Å². The number of halogens is 1. The van der Waals surface area contributed by atoms with Gasteiger partial charge in [0, 0.05) is 24.6 Å². The first-order chi connectivity index (χ1) is 9.92. The highest BCUT2D eigenvalue weighted by Gasteiger charge is 2.34. The third kappa shape index (κ3) is 4.14. The zero-order chi connectivity index (χ0) is 15.5. The van der Waals surface area contributed by atoms with E-state index in [0.717, 1.165) is 13.1 Å². The predicted octanol–water partition coefficient (Wildman–Crippen LogP) is 3.29. The summed E-state index contributed by atoms with van der Waals surface area (Å²) in [4.78, 5) is 16.7. The van der Waals surface area contributed by atoms with Crippen molar-refractivity contribution in [3.63, 3.8) is 0 Å². The molecule has 0 aromatic carbocycles. The Morgan fingerprint density at radius 2 is 2.14 bits per heavy atom. The lowest BCUT2D eigenvalue weighted by molar-refractivity contribution is -0.385. The minimum absolute atomic E-state index is 0.00343. The summed E-state index contributed by atoms with van der Waals surface area (Å²) in [5.74, 6) is 0.672. The number of hydrogen-bond donors (Lipinski definition) is 1. The monoisotopic (exact) mass is 356 g/mol. The van der Waals surface area contributed by atoms with Gasteiger partial charge in [-0.25, -0.2) is 4.98 Å². The van der Waals surface area contributed by atoms with Gasteiger partial charge in [-0.3, -0.25) is 10.1 Å². The maximum Gasteiger partial charge on any atom is 0.288 e. The zero-order valence-electron chi connectivity index (χ0n) is 12.4. The van der Waals surface area contributed by atoms with E-state index in [1.165, 1.54) is 37.9 Å². The Morgan fingerprint density at radius 1 is 1.48 bits per heavy atom. The van der Waals surface area contributed by atoms with Crippen LogP contribution in [0.4, 0.5) is 11.5 Å². The van der Waals surface area contributed by atoms with Crippen molar-refractivity contribution in [2.75, 3.05) is 32.5 Å². The van der Waals surface area contributed by atoms with E-state index in [0.29, 0.717) is 10.3 Å². The molecule has 2 rings (SSSR count). The summed E-state index contributed by atoms with van der Waals surface area (Å²) in [6, 6.07) is 1.49. The van der Waals surface area contributed by atoms with E-state index in [-0.39, 0.29) is 11.1 Å². The van der Waals surface area contributed by atoms with Gasteiger partial charge in [0.15, 0.2) is 0 Å². The molecule has 0 spiro atoms. The molecule has 1 N–H and O–H groups in total. The Kier molecular flexibility index (Phi) is 5.16. The highest BCUT2D eigenvalue weighted by atomic mass is 79.9. The van der Waals surface area contributed by atoms with Crippen LogP contribution in [0.3, 0.4) is 0 Å². The summed E-state index contributed by atoms with van der Waals surface area (Å²) in [7, 11) is 4.19. The van der Waals surface area contributed by atoms with Crippen molar-refractivity contribution in [3.05, 3.63) is 26.9 Å². The quantitative estimate of drug-likeness (QED) is 0.625. The van der Waals surface area contributed by atoms with Crippen molar-refractivity contribution in [2.45, 2.75) is 25.7 Å². The van der Waals surface area contributed by atoms with E-state index < -0.39 is 4.92 Å². The van der Waals surface area contributed by atoms with Crippen LogP contribution < -0.4 is 5.32 Å². The largest absolute Gasteiger partial charge is 0.369 e. The van der Waals surface area contributed by atoms with Crippen LogP contribution in [-0.4, -0.2) is 42.0 Å². The molecule has 0 unspecified atom stereocenters. The van der Waals surface area contributed by atoms with E-state index in [2.05, 4.69) is 45.2 Å². The number of pyridine rings is 1. The molecule has 116 valence electrons. The summed E-state index contributed by atoms with van der Waals surface area (Å²) in [6.07, 6.45) is 6.25. The minimum atomic E-state index is -0.438. The SMILES string of the molecule is CN(C)CC1(CNc2ncc([N+](=O)[O-])cc2Br)CCCC1. The van der Waals surface area contributed by atoms with Crippen LogP contribution in [0.5, 0.6) is 0 Å². The molecular formula is C14H21BrN4O2. The molecule has 0 aliphatic heterocycles. The van der Waals surface area contributed by atoms with Crippen LogP contribution in [-0.2, 0) is 0 Å². The van der Waals surface area contributed by atoms with E-state index in [1.54, 1.807) is 0 Å². The molecule has 1 fully saturated rings. The number of rotatable bonds is 6. The molecule has 1 heterocycles. The molecule has 1 aromatic rings. The third-order valence-electron chi connectivity index (χ3n) is 3.98. The number of nitrogens with zero attached hydrogens (tertiary/aromatic N) is 3. The third-order valence-corrected chi connectivity index (χ3v) is 4.59. The van der Waals surface area contributed by atoms with Crippen molar-refractivity contribution < 1.29 is 4.92 Å². The molecule has 1 aliphatic carbocycles. The molecule has 21 heavy (non-hydrogen) atoms. The molecule has 0 atom stereocenters. The van der Waals surface area contributed by atoms with Crippen LogP contribution in [0.25, 0.3) is 0 Å². The molecule has 0 saturated heterocycles. The lowest BCUT2D eigenvalue weighted by atomic mass is 9.85. The van der Waals surface area contributed by atoms with Gasteiger partial charge in [0.1, 0.15) is 12.0 Å². The summed E-state index contributed by atoms with van der Waals surface area (Å²) < 4.78 is 0.634. The lowest BCUT2D eigenvalue weighted by Crippen LogP contribution is -2.37. The number of aromatic nitrogens is 1. The van der Waals surface area contributed by atoms with Crippen molar-refractivity contribution in [1.29, 1.82) is 0 Å². The summed E-state index contributed by atoms with van der Waals surface area (Å²) >= 11 is 3.35. The standard InChI is InChI=1S/C14H21BrN4O2/c1-18(2)10-14(5-3-4-6-14)9-17-13-12(15)7-11(8-16-13)19(20)21/h7-8H,3-6,9-10H2,1-2H3,(H,16,17). The van der Waals surface area contributed by atoms with Gasteiger partial charge in [-0.05, 0) is 42.9 Å². The number of anilines is 1. The molecule has 1 saturated carbocycles. The smallest absolute Gasteiger partial charge is 0.288 e. The van der Waals surface area contributed by atoms with E-state index in [9.17, 15) is 10.1 Å². The number of nitro groups is 1. The predicted molar refractivity (Wildman–Crippen MR) is 86.5 cm³/mol. The molecule has 6 nitrogen and oxygen atoms in total. The van der Waals surface area contributed by atoms with Crippen molar-refractivity contribution in [1.82, 2.24) is 9.88 Å². The lowest BCUT2D eigenvalue weighted by Gasteiger charge is -2.32. The van der Waals surface area contributed by atoms with Gasteiger partial charge in [0.2, 0.25) is 0 Å². The van der Waals surface area contributed by atoms with Gasteiger partial charge >= 0.3 is 0 Å². The fourth-order valence-corrected chi connectivity index (χ4v) is 3.59. The van der Waals surface area contributed by atoms with E-state index in [4.69, 9.17) is 0 Å². The van der Waals surface area contributed by atoms with Gasteiger partial charge in [0.25, 0.3) is 5.69 Å². The Bertz CT molecular complexity index is 516. The zero-order valence-corrected chi connectivity index (χ0v) is 14.0. The molecule has 0 bridgehead atoms. The second kappa shape index (κ2) is 6.70. The van der Waals surface area contributed by atoms with Gasteiger partial charge in [-0.2, -0.15) is 0 Å². The Labute approximate surface area is 133 Å². The number of nitrogens with one attached hydrogen (secondary N) is 1. The first-order valence-corrected chi connectivity index (χ1v) is 7.90. The van der Waals surface area contributed by atoms with Crippen molar-refractivity contribution in [2.24, 2.45) is 5.41 Å². The molecule has 7 heteroatoms. The van der Waals surface area contributed by atoms with E-state index in [1.807, 2.05) is 0 Å². The Hall–Kier alpha value is -1.21. The van der Waals surface area contributed by atoms with Crippen LogP contribution in [0.1, 0.15) is 25.7 Å². The normalized spacial score (nSPS) is 17.1. The van der Waals surface area contributed by atoms with Gasteiger partial charge < -0.3 is 10.2 Å². The maximum absolute atomic E-state index is 10.7.